The molecule has 0 unspecified atom stereocenters. The third-order valence-corrected chi connectivity index (χ3v) is 8.36. The summed E-state index contributed by atoms with van der Waals surface area (Å²) in [5.74, 6) is 0. The molecule has 0 saturated heterocycles. The molecule has 0 aromatic heterocycles. The molecule has 0 aliphatic rings. The van der Waals surface area contributed by atoms with Crippen LogP contribution in [0.4, 0.5) is 0 Å². The molecule has 0 aliphatic heterocycles. The molecule has 0 aliphatic carbocycles. The van der Waals surface area contributed by atoms with Gasteiger partial charge < -0.3 is 0 Å². The first-order valence-electron chi connectivity index (χ1n) is 3.63. The molecule has 0 heterocycles. The molecule has 6 heteroatoms. The first-order chi connectivity index (χ1) is 6.25. The second kappa shape index (κ2) is 4.70. The quantitative estimate of drug-likeness (QED) is 0.418. The van der Waals surface area contributed by atoms with Gasteiger partial charge in [-0.1, -0.05) is 17.7 Å². The lowest BCUT2D eigenvalue weighted by Crippen LogP contribution is -2.17. The number of rotatable bonds is 2. The van der Waals surface area contributed by atoms with E-state index in [9.17, 15) is 8.42 Å². The summed E-state index contributed by atoms with van der Waals surface area (Å²) in [6.07, 6.45) is 0. The fourth-order valence-electron chi connectivity index (χ4n) is 0.851. The number of hydrogen-bond donors (Lipinski definition) is 0. The summed E-state index contributed by atoms with van der Waals surface area (Å²) in [5, 5.41) is 0. The van der Waals surface area contributed by atoms with Crippen LogP contribution in [0.2, 0.25) is 0 Å². The van der Waals surface area contributed by atoms with Gasteiger partial charge in [0.15, 0.2) is 0 Å². The molecule has 78 valence electrons. The van der Waals surface area contributed by atoms with Crippen molar-refractivity contribution in [2.45, 2.75) is 10.6 Å². The van der Waals surface area contributed by atoms with Crippen molar-refractivity contribution in [1.29, 1.82) is 0 Å². The highest BCUT2D eigenvalue weighted by molar-refractivity contribution is 14.3. The van der Waals surface area contributed by atoms with E-state index >= 15 is 0 Å². The third-order valence-electron chi connectivity index (χ3n) is 1.64. The van der Waals surface area contributed by atoms with Crippen molar-refractivity contribution in [3.05, 3.63) is 29.8 Å². The second-order valence-corrected chi connectivity index (χ2v) is 18.1. The topological polar surface area (TPSA) is 34.1 Å². The number of benzene rings is 1. The highest BCUT2D eigenvalue weighted by atomic mass is 127. The van der Waals surface area contributed by atoms with Crippen LogP contribution in [0.5, 0.6) is 0 Å². The molecule has 14 heavy (non-hydrogen) atoms. The molecule has 0 saturated carbocycles. The van der Waals surface area contributed by atoms with Crippen LogP contribution >= 0.6 is 67.8 Å². The van der Waals surface area contributed by atoms with Gasteiger partial charge in [0.1, 0.15) is 0 Å². The van der Waals surface area contributed by atoms with E-state index in [-0.39, 0.29) is 0 Å². The van der Waals surface area contributed by atoms with Crippen molar-refractivity contribution in [3.63, 3.8) is 0 Å². The Morgan fingerprint density at radius 1 is 1.07 bits per heavy atom. The van der Waals surface area contributed by atoms with E-state index in [1.807, 2.05) is 86.8 Å². The monoisotopic (exact) mass is 548 g/mol. The zero-order valence-corrected chi connectivity index (χ0v) is 14.5. The van der Waals surface area contributed by atoms with Crippen molar-refractivity contribution in [1.82, 2.24) is 0 Å². The fraction of sp³-hybridized carbons (Fsp3) is 0.250. The first kappa shape index (κ1) is 13.4. The smallest absolute Gasteiger partial charge is 0.221 e. The molecular weight excluding hydrogens is 541 g/mol. The average molecular weight is 548 g/mol. The molecule has 1 aromatic carbocycles. The molecule has 0 radical (unpaired) electrons. The molecule has 0 spiro atoms. The van der Waals surface area contributed by atoms with Gasteiger partial charge in [-0.3, -0.25) is 0 Å². The van der Waals surface area contributed by atoms with Crippen molar-refractivity contribution in [2.75, 3.05) is 0 Å². The maximum Gasteiger partial charge on any atom is 0.227 e. The molecule has 2 nitrogen and oxygen atoms in total. The lowest BCUT2D eigenvalue weighted by atomic mass is 10.2. The molecular formula is C8H7I3O2S. The minimum atomic E-state index is -3.23. The number of sulfone groups is 1. The SMILES string of the molecule is Cc1ccc(S(=O)(=O)C(I)(I)I)cc1. The van der Waals surface area contributed by atoms with Gasteiger partial charge in [0.05, 0.1) is 4.90 Å². The Kier molecular flexibility index (Phi) is 4.50. The zero-order valence-electron chi connectivity index (χ0n) is 7.17. The summed E-state index contributed by atoms with van der Waals surface area (Å²) in [6, 6.07) is 6.91. The first-order valence-corrected chi connectivity index (χ1v) is 8.35. The van der Waals surface area contributed by atoms with Crippen molar-refractivity contribution < 1.29 is 8.42 Å². The van der Waals surface area contributed by atoms with Crippen LogP contribution in [-0.2, 0) is 9.84 Å². The van der Waals surface area contributed by atoms with Crippen LogP contribution in [0.15, 0.2) is 29.2 Å². The van der Waals surface area contributed by atoms with E-state index in [0.29, 0.717) is 4.90 Å². The van der Waals surface area contributed by atoms with Gasteiger partial charge >= 0.3 is 0 Å². The van der Waals surface area contributed by atoms with E-state index in [2.05, 4.69) is 0 Å². The van der Waals surface area contributed by atoms with Gasteiger partial charge in [-0.25, -0.2) is 8.42 Å². The largest absolute Gasteiger partial charge is 0.227 e. The van der Waals surface area contributed by atoms with Gasteiger partial charge in [0.2, 0.25) is 8.60 Å². The minimum absolute atomic E-state index is 0.376. The van der Waals surface area contributed by atoms with E-state index in [4.69, 9.17) is 0 Å². The Labute approximate surface area is 125 Å². The summed E-state index contributed by atoms with van der Waals surface area (Å²) in [4.78, 5) is 0.376. The van der Waals surface area contributed by atoms with E-state index in [0.717, 1.165) is 5.56 Å². The molecule has 0 amide bonds. The van der Waals surface area contributed by atoms with Crippen molar-refractivity contribution in [3.8, 4) is 0 Å². The van der Waals surface area contributed by atoms with Crippen molar-refractivity contribution in [2.24, 2.45) is 0 Å². The van der Waals surface area contributed by atoms with Gasteiger partial charge in [0.25, 0.3) is 0 Å². The second-order valence-electron chi connectivity index (χ2n) is 2.76. The van der Waals surface area contributed by atoms with E-state index < -0.39 is 8.60 Å². The summed E-state index contributed by atoms with van der Waals surface area (Å²) in [7, 11) is -3.23. The van der Waals surface area contributed by atoms with Crippen LogP contribution in [0.1, 0.15) is 5.56 Å². The van der Waals surface area contributed by atoms with Gasteiger partial charge in [0, 0.05) is 0 Å². The summed E-state index contributed by atoms with van der Waals surface area (Å²) >= 11 is 5.75. The highest BCUT2D eigenvalue weighted by Gasteiger charge is 2.36. The maximum atomic E-state index is 11.9. The lowest BCUT2D eigenvalue weighted by molar-refractivity contribution is 0.600. The zero-order chi connectivity index (χ0) is 11.0. The van der Waals surface area contributed by atoms with Crippen LogP contribution in [-0.4, -0.2) is 7.19 Å². The van der Waals surface area contributed by atoms with Crippen LogP contribution in [0, 0.1) is 6.92 Å². The highest BCUT2D eigenvalue weighted by Crippen LogP contribution is 2.44. The maximum absolute atomic E-state index is 11.9. The molecule has 1 aromatic rings. The molecule has 1 rings (SSSR count). The van der Waals surface area contributed by atoms with Gasteiger partial charge in [-0.05, 0) is 86.8 Å². The van der Waals surface area contributed by atoms with Crippen LogP contribution in [0.25, 0.3) is 0 Å². The Morgan fingerprint density at radius 3 is 1.86 bits per heavy atom. The Balaban J connectivity index is 3.25. The van der Waals surface area contributed by atoms with Gasteiger partial charge in [-0.2, -0.15) is 0 Å². The summed E-state index contributed by atoms with van der Waals surface area (Å²) < 4.78 is 23.1. The summed E-state index contributed by atoms with van der Waals surface area (Å²) in [6.45, 7) is 1.93. The minimum Gasteiger partial charge on any atom is -0.221 e. The summed E-state index contributed by atoms with van der Waals surface area (Å²) in [5.41, 5.74) is 1.06. The molecule has 0 N–H and O–H groups in total. The molecule has 0 fully saturated rings. The van der Waals surface area contributed by atoms with Crippen LogP contribution in [0.3, 0.4) is 0 Å². The van der Waals surface area contributed by atoms with E-state index in [1.165, 1.54) is 0 Å². The predicted octanol–water partition coefficient (Wildman–Crippen LogP) is 3.69. The Morgan fingerprint density at radius 2 is 1.50 bits per heavy atom. The predicted molar refractivity (Wildman–Crippen MR) is 83.2 cm³/mol. The normalized spacial score (nSPS) is 12.9. The van der Waals surface area contributed by atoms with Crippen LogP contribution < -0.4 is 0 Å². The Hall–Kier alpha value is 1.36. The number of alkyl halides is 3. The van der Waals surface area contributed by atoms with Gasteiger partial charge in [-0.15, -0.1) is 0 Å². The third kappa shape index (κ3) is 2.94. The Bertz CT molecular complexity index is 417. The fourth-order valence-corrected chi connectivity index (χ4v) is 3.90. The van der Waals surface area contributed by atoms with Crippen molar-refractivity contribution >= 4 is 77.6 Å². The standard InChI is InChI=1S/C8H7I3O2S/c1-6-2-4-7(5-3-6)14(12,13)8(9,10)11/h2-5H,1H3. The van der Waals surface area contributed by atoms with E-state index in [1.54, 1.807) is 12.1 Å². The number of aryl methyl sites for hydroxylation is 1. The lowest BCUT2D eigenvalue weighted by Gasteiger charge is -2.13. The molecule has 0 atom stereocenters. The number of hydrogen-bond acceptors (Lipinski definition) is 2. The average Bonchev–Trinajstić information content (AvgIpc) is 2.03. The molecule has 0 bridgehead atoms. The number of halogens is 3.